The van der Waals surface area contributed by atoms with E-state index in [1.54, 1.807) is 11.3 Å². The molecule has 0 fully saturated rings. The molecule has 0 bridgehead atoms. The molecule has 0 spiro atoms. The molecule has 3 rings (SSSR count). The van der Waals surface area contributed by atoms with Crippen LogP contribution in [0.15, 0.2) is 34.1 Å². The maximum absolute atomic E-state index is 5.71. The first kappa shape index (κ1) is 12.3. The van der Waals surface area contributed by atoms with Gasteiger partial charge >= 0.3 is 0 Å². The largest absolute Gasteiger partial charge is 0.419 e. The summed E-state index contributed by atoms with van der Waals surface area (Å²) in [5, 5.41) is 14.7. The van der Waals surface area contributed by atoms with Crippen LogP contribution >= 0.6 is 11.3 Å². The van der Waals surface area contributed by atoms with Crippen molar-refractivity contribution in [2.75, 3.05) is 0 Å². The lowest BCUT2D eigenvalue weighted by atomic mass is 10.2. The van der Waals surface area contributed by atoms with Crippen molar-refractivity contribution in [1.82, 2.24) is 15.5 Å². The second-order valence-corrected chi connectivity index (χ2v) is 5.59. The molecular formula is C14H15N3OS. The van der Waals surface area contributed by atoms with Gasteiger partial charge in [0.1, 0.15) is 0 Å². The van der Waals surface area contributed by atoms with Gasteiger partial charge in [0.05, 0.1) is 12.1 Å². The van der Waals surface area contributed by atoms with Crippen LogP contribution in [-0.2, 0) is 6.54 Å². The molecule has 0 radical (unpaired) electrons. The summed E-state index contributed by atoms with van der Waals surface area (Å²) in [6, 6.07) is 8.64. The van der Waals surface area contributed by atoms with E-state index in [1.165, 1.54) is 10.1 Å². The molecule has 0 saturated heterocycles. The number of aromatic nitrogens is 2. The molecule has 1 aromatic carbocycles. The molecule has 0 aliphatic rings. The van der Waals surface area contributed by atoms with Crippen molar-refractivity contribution in [2.24, 2.45) is 0 Å². The Morgan fingerprint density at radius 3 is 2.95 bits per heavy atom. The summed E-state index contributed by atoms with van der Waals surface area (Å²) < 4.78 is 6.94. The van der Waals surface area contributed by atoms with Crippen LogP contribution in [0.4, 0.5) is 0 Å². The molecule has 0 aliphatic heterocycles. The summed E-state index contributed by atoms with van der Waals surface area (Å²) in [5.41, 5.74) is 1.02. The first-order valence-electron chi connectivity index (χ1n) is 6.26. The average molecular weight is 273 g/mol. The Hall–Kier alpha value is -1.72. The van der Waals surface area contributed by atoms with Crippen molar-refractivity contribution in [2.45, 2.75) is 26.4 Å². The van der Waals surface area contributed by atoms with Gasteiger partial charge < -0.3 is 9.73 Å². The molecule has 19 heavy (non-hydrogen) atoms. The van der Waals surface area contributed by atoms with Crippen molar-refractivity contribution < 1.29 is 4.42 Å². The zero-order valence-electron chi connectivity index (χ0n) is 10.9. The summed E-state index contributed by atoms with van der Waals surface area (Å²) in [4.78, 5) is 0. The first-order chi connectivity index (χ1) is 9.24. The highest BCUT2D eigenvalue weighted by molar-refractivity contribution is 7.17. The van der Waals surface area contributed by atoms with Gasteiger partial charge in [-0.1, -0.05) is 32.0 Å². The van der Waals surface area contributed by atoms with E-state index in [1.807, 2.05) is 12.1 Å². The van der Waals surface area contributed by atoms with E-state index in [-0.39, 0.29) is 0 Å². The molecule has 0 unspecified atom stereocenters. The third-order valence-corrected chi connectivity index (χ3v) is 3.80. The quantitative estimate of drug-likeness (QED) is 0.791. The smallest absolute Gasteiger partial charge is 0.249 e. The second kappa shape index (κ2) is 5.11. The minimum Gasteiger partial charge on any atom is -0.419 e. The number of benzene rings is 1. The maximum atomic E-state index is 5.71. The van der Waals surface area contributed by atoms with Crippen LogP contribution in [-0.4, -0.2) is 16.2 Å². The van der Waals surface area contributed by atoms with E-state index in [2.05, 4.69) is 46.9 Å². The summed E-state index contributed by atoms with van der Waals surface area (Å²) in [7, 11) is 0. The number of hydrogen-bond acceptors (Lipinski definition) is 5. The van der Waals surface area contributed by atoms with Crippen LogP contribution in [0, 0.1) is 0 Å². The SMILES string of the molecule is CC(C)NCc1nnc(-c2csc3ccccc23)o1. The van der Waals surface area contributed by atoms with Crippen molar-refractivity contribution in [3.63, 3.8) is 0 Å². The predicted octanol–water partition coefficient (Wildman–Crippen LogP) is 3.45. The van der Waals surface area contributed by atoms with Crippen LogP contribution in [0.3, 0.4) is 0 Å². The Labute approximate surface area is 115 Å². The van der Waals surface area contributed by atoms with Crippen LogP contribution in [0.5, 0.6) is 0 Å². The van der Waals surface area contributed by atoms with Crippen LogP contribution in [0.25, 0.3) is 21.5 Å². The minimum absolute atomic E-state index is 0.400. The lowest BCUT2D eigenvalue weighted by molar-refractivity contribution is 0.459. The Kier molecular flexibility index (Phi) is 3.31. The Bertz CT molecular complexity index is 687. The first-order valence-corrected chi connectivity index (χ1v) is 7.14. The van der Waals surface area contributed by atoms with Gasteiger partial charge in [0.2, 0.25) is 11.8 Å². The Balaban J connectivity index is 1.90. The Morgan fingerprint density at radius 1 is 1.26 bits per heavy atom. The highest BCUT2D eigenvalue weighted by atomic mass is 32.1. The van der Waals surface area contributed by atoms with Crippen LogP contribution in [0.2, 0.25) is 0 Å². The molecule has 4 nitrogen and oxygen atoms in total. The topological polar surface area (TPSA) is 51.0 Å². The van der Waals surface area contributed by atoms with Crippen molar-refractivity contribution in [1.29, 1.82) is 0 Å². The highest BCUT2D eigenvalue weighted by Crippen LogP contribution is 2.32. The molecule has 2 heterocycles. The molecule has 0 saturated carbocycles. The number of fused-ring (bicyclic) bond motifs is 1. The molecule has 1 N–H and O–H groups in total. The number of hydrogen-bond donors (Lipinski definition) is 1. The van der Waals surface area contributed by atoms with Crippen LogP contribution < -0.4 is 5.32 Å². The molecule has 0 atom stereocenters. The van der Waals surface area contributed by atoms with Gasteiger partial charge in [-0.25, -0.2) is 0 Å². The Morgan fingerprint density at radius 2 is 2.11 bits per heavy atom. The molecule has 0 aliphatic carbocycles. The van der Waals surface area contributed by atoms with Gasteiger partial charge in [-0.05, 0) is 6.07 Å². The number of thiophene rings is 1. The summed E-state index contributed by atoms with van der Waals surface area (Å²) >= 11 is 1.69. The monoisotopic (exact) mass is 273 g/mol. The van der Waals surface area contributed by atoms with E-state index in [9.17, 15) is 0 Å². The molecule has 5 heteroatoms. The maximum Gasteiger partial charge on any atom is 0.249 e. The standard InChI is InChI=1S/C14H15N3OS/c1-9(2)15-7-13-16-17-14(18-13)11-8-19-12-6-4-3-5-10(11)12/h3-6,8-9,15H,7H2,1-2H3. The fraction of sp³-hybridized carbons (Fsp3) is 0.286. The van der Waals surface area contributed by atoms with Gasteiger partial charge in [0.25, 0.3) is 0 Å². The van der Waals surface area contributed by atoms with Crippen molar-refractivity contribution in [3.8, 4) is 11.5 Å². The van der Waals surface area contributed by atoms with E-state index in [4.69, 9.17) is 4.42 Å². The average Bonchev–Trinajstić information content (AvgIpc) is 3.02. The van der Waals surface area contributed by atoms with Gasteiger partial charge in [0, 0.05) is 21.5 Å². The fourth-order valence-electron chi connectivity index (χ4n) is 1.87. The zero-order chi connectivity index (χ0) is 13.2. The summed E-state index contributed by atoms with van der Waals surface area (Å²) in [5.74, 6) is 1.22. The van der Waals surface area contributed by atoms with Crippen molar-refractivity contribution >= 4 is 21.4 Å². The van der Waals surface area contributed by atoms with Crippen molar-refractivity contribution in [3.05, 3.63) is 35.5 Å². The summed E-state index contributed by atoms with van der Waals surface area (Å²) in [6.07, 6.45) is 0. The molecule has 2 aromatic heterocycles. The third kappa shape index (κ3) is 2.52. The van der Waals surface area contributed by atoms with Gasteiger partial charge in [-0.2, -0.15) is 0 Å². The third-order valence-electron chi connectivity index (χ3n) is 2.84. The molecule has 3 aromatic rings. The molecular weight excluding hydrogens is 258 g/mol. The van der Waals surface area contributed by atoms with E-state index < -0.39 is 0 Å². The van der Waals surface area contributed by atoms with Gasteiger partial charge in [-0.15, -0.1) is 21.5 Å². The van der Waals surface area contributed by atoms with Gasteiger partial charge in [0.15, 0.2) is 0 Å². The lowest BCUT2D eigenvalue weighted by Crippen LogP contribution is -2.21. The minimum atomic E-state index is 0.400. The highest BCUT2D eigenvalue weighted by Gasteiger charge is 2.13. The molecule has 0 amide bonds. The lowest BCUT2D eigenvalue weighted by Gasteiger charge is -2.03. The second-order valence-electron chi connectivity index (χ2n) is 4.68. The number of rotatable bonds is 4. The normalized spacial score (nSPS) is 11.5. The van der Waals surface area contributed by atoms with E-state index >= 15 is 0 Å². The van der Waals surface area contributed by atoms with E-state index in [0.717, 1.165) is 5.56 Å². The van der Waals surface area contributed by atoms with Crippen LogP contribution in [0.1, 0.15) is 19.7 Å². The predicted molar refractivity (Wildman–Crippen MR) is 77.1 cm³/mol. The number of nitrogens with one attached hydrogen (secondary N) is 1. The summed E-state index contributed by atoms with van der Waals surface area (Å²) in [6.45, 7) is 4.78. The number of nitrogens with zero attached hydrogens (tertiary/aromatic N) is 2. The molecule has 98 valence electrons. The fourth-order valence-corrected chi connectivity index (χ4v) is 2.80. The zero-order valence-corrected chi connectivity index (χ0v) is 11.7. The van der Waals surface area contributed by atoms with E-state index in [0.29, 0.717) is 24.4 Å². The van der Waals surface area contributed by atoms with Gasteiger partial charge in [-0.3, -0.25) is 0 Å².